The topological polar surface area (TPSA) is 77.3 Å². The van der Waals surface area contributed by atoms with Crippen LogP contribution in [0, 0.1) is 0 Å². The summed E-state index contributed by atoms with van der Waals surface area (Å²) in [5.74, 6) is 0.607. The fourth-order valence-corrected chi connectivity index (χ4v) is 2.28. The largest absolute Gasteiger partial charge is 0.263 e. The molecule has 3 aromatic heterocycles. The number of pyridine rings is 1. The lowest BCUT2D eigenvalue weighted by Gasteiger charge is -2.05. The Labute approximate surface area is 126 Å². The Balaban J connectivity index is 1.81. The second-order valence-corrected chi connectivity index (χ2v) is 4.73. The highest BCUT2D eigenvalue weighted by Crippen LogP contribution is 2.25. The van der Waals surface area contributed by atoms with Crippen LogP contribution >= 0.6 is 0 Å². The summed E-state index contributed by atoms with van der Waals surface area (Å²) in [5.41, 5.74) is 3.78. The van der Waals surface area contributed by atoms with Crippen molar-refractivity contribution in [2.45, 2.75) is 0 Å². The summed E-state index contributed by atoms with van der Waals surface area (Å²) in [6.07, 6.45) is 8.20. The van der Waals surface area contributed by atoms with Crippen molar-refractivity contribution in [2.24, 2.45) is 0 Å². The van der Waals surface area contributed by atoms with Gasteiger partial charge in [0.05, 0.1) is 11.7 Å². The van der Waals surface area contributed by atoms with E-state index in [0.717, 1.165) is 27.6 Å². The van der Waals surface area contributed by atoms with Gasteiger partial charge < -0.3 is 0 Å². The second kappa shape index (κ2) is 5.25. The van der Waals surface area contributed by atoms with Crippen molar-refractivity contribution in [2.75, 3.05) is 0 Å². The molecule has 0 saturated carbocycles. The molecule has 0 saturated heterocycles. The molecule has 0 aliphatic carbocycles. The molecule has 4 aromatic rings. The van der Waals surface area contributed by atoms with Gasteiger partial charge in [0.2, 0.25) is 0 Å². The lowest BCUT2D eigenvalue weighted by molar-refractivity contribution is 1.05. The molecule has 0 spiro atoms. The lowest BCUT2D eigenvalue weighted by Crippen LogP contribution is -1.91. The smallest absolute Gasteiger partial charge is 0.164 e. The van der Waals surface area contributed by atoms with E-state index in [1.807, 2.05) is 30.5 Å². The molecule has 1 aromatic carbocycles. The van der Waals surface area contributed by atoms with Crippen LogP contribution in [0.2, 0.25) is 0 Å². The molecule has 0 aliphatic heterocycles. The average Bonchev–Trinajstić information content (AvgIpc) is 2.62. The van der Waals surface area contributed by atoms with Gasteiger partial charge in [-0.2, -0.15) is 10.2 Å². The lowest BCUT2D eigenvalue weighted by atomic mass is 10.0. The molecular weight excluding hydrogens is 276 g/mol. The van der Waals surface area contributed by atoms with Gasteiger partial charge in [0.15, 0.2) is 5.82 Å². The third kappa shape index (κ3) is 2.26. The van der Waals surface area contributed by atoms with Crippen LogP contribution in [0.15, 0.2) is 61.6 Å². The Morgan fingerprint density at radius 3 is 2.50 bits per heavy atom. The van der Waals surface area contributed by atoms with Gasteiger partial charge in [0.1, 0.15) is 12.7 Å². The van der Waals surface area contributed by atoms with E-state index >= 15 is 0 Å². The van der Waals surface area contributed by atoms with Crippen LogP contribution in [0.1, 0.15) is 0 Å². The van der Waals surface area contributed by atoms with Gasteiger partial charge >= 0.3 is 0 Å². The zero-order valence-electron chi connectivity index (χ0n) is 11.5. The van der Waals surface area contributed by atoms with E-state index < -0.39 is 0 Å². The van der Waals surface area contributed by atoms with Crippen LogP contribution < -0.4 is 0 Å². The maximum absolute atomic E-state index is 4.29. The predicted molar refractivity (Wildman–Crippen MR) is 81.6 cm³/mol. The summed E-state index contributed by atoms with van der Waals surface area (Å²) in [6, 6.07) is 9.98. The first-order valence-corrected chi connectivity index (χ1v) is 6.69. The molecule has 0 aliphatic rings. The number of rotatable bonds is 2. The number of aromatic nitrogens is 6. The summed E-state index contributed by atoms with van der Waals surface area (Å²) in [4.78, 5) is 16.4. The zero-order chi connectivity index (χ0) is 14.8. The number of hydrogen-bond acceptors (Lipinski definition) is 6. The zero-order valence-corrected chi connectivity index (χ0v) is 11.5. The molecule has 4 rings (SSSR count). The SMILES string of the molecule is c1cc2cc(-c3cncc(-c4ncncn4)c3)ccc2nn1. The van der Waals surface area contributed by atoms with E-state index in [0.29, 0.717) is 5.82 Å². The van der Waals surface area contributed by atoms with E-state index in [2.05, 4.69) is 36.2 Å². The van der Waals surface area contributed by atoms with Crippen molar-refractivity contribution >= 4 is 10.9 Å². The molecule has 0 N–H and O–H groups in total. The summed E-state index contributed by atoms with van der Waals surface area (Å²) in [6.45, 7) is 0. The first kappa shape index (κ1) is 12.5. The van der Waals surface area contributed by atoms with Gasteiger partial charge in [-0.05, 0) is 29.8 Å². The molecule has 0 unspecified atom stereocenters. The fraction of sp³-hybridized carbons (Fsp3) is 0. The van der Waals surface area contributed by atoms with Crippen molar-refractivity contribution < 1.29 is 0 Å². The third-order valence-electron chi connectivity index (χ3n) is 3.34. The normalized spacial score (nSPS) is 10.7. The summed E-state index contributed by atoms with van der Waals surface area (Å²) in [7, 11) is 0. The molecule has 0 fully saturated rings. The van der Waals surface area contributed by atoms with Crippen LogP contribution in [-0.2, 0) is 0 Å². The molecule has 6 nitrogen and oxygen atoms in total. The predicted octanol–water partition coefficient (Wildman–Crippen LogP) is 2.54. The highest BCUT2D eigenvalue weighted by atomic mass is 15.1. The molecule has 6 heteroatoms. The van der Waals surface area contributed by atoms with Crippen molar-refractivity contribution in [3.05, 3.63) is 61.6 Å². The maximum atomic E-state index is 4.29. The molecule has 0 atom stereocenters. The molecular formula is C16H10N6. The number of hydrogen-bond donors (Lipinski definition) is 0. The number of benzene rings is 1. The average molecular weight is 286 g/mol. The van der Waals surface area contributed by atoms with Gasteiger partial charge in [-0.3, -0.25) is 4.98 Å². The van der Waals surface area contributed by atoms with E-state index in [9.17, 15) is 0 Å². The Hall–Kier alpha value is -3.28. The van der Waals surface area contributed by atoms with Gasteiger partial charge in [0, 0.05) is 28.9 Å². The molecule has 0 bridgehead atoms. The van der Waals surface area contributed by atoms with Gasteiger partial charge in [-0.25, -0.2) is 15.0 Å². The van der Waals surface area contributed by atoms with Crippen LogP contribution in [0.3, 0.4) is 0 Å². The molecule has 104 valence electrons. The number of nitrogens with zero attached hydrogens (tertiary/aromatic N) is 6. The van der Waals surface area contributed by atoms with Crippen LogP contribution in [0.5, 0.6) is 0 Å². The van der Waals surface area contributed by atoms with Gasteiger partial charge in [-0.15, -0.1) is 0 Å². The first-order chi connectivity index (χ1) is 10.9. The van der Waals surface area contributed by atoms with E-state index in [4.69, 9.17) is 0 Å². The highest BCUT2D eigenvalue weighted by Gasteiger charge is 2.05. The fourth-order valence-electron chi connectivity index (χ4n) is 2.28. The Morgan fingerprint density at radius 1 is 0.727 bits per heavy atom. The van der Waals surface area contributed by atoms with E-state index in [-0.39, 0.29) is 0 Å². The van der Waals surface area contributed by atoms with Crippen LogP contribution in [0.4, 0.5) is 0 Å². The number of fused-ring (bicyclic) bond motifs is 1. The highest BCUT2D eigenvalue weighted by molar-refractivity contribution is 5.84. The summed E-state index contributed by atoms with van der Waals surface area (Å²) in [5, 5.41) is 9.01. The molecule has 3 heterocycles. The standard InChI is InChI=1S/C16H10N6/c1-2-15-12(3-4-21-22-15)5-11(1)13-6-14(8-17-7-13)16-19-9-18-10-20-16/h1-10H. The quantitative estimate of drug-likeness (QED) is 0.563. The minimum Gasteiger partial charge on any atom is -0.263 e. The first-order valence-electron chi connectivity index (χ1n) is 6.69. The Morgan fingerprint density at radius 2 is 1.59 bits per heavy atom. The van der Waals surface area contributed by atoms with E-state index in [1.54, 1.807) is 12.4 Å². The van der Waals surface area contributed by atoms with Crippen molar-refractivity contribution in [3.63, 3.8) is 0 Å². The summed E-state index contributed by atoms with van der Waals surface area (Å²) >= 11 is 0. The molecule has 0 radical (unpaired) electrons. The summed E-state index contributed by atoms with van der Waals surface area (Å²) < 4.78 is 0. The van der Waals surface area contributed by atoms with E-state index in [1.165, 1.54) is 12.7 Å². The van der Waals surface area contributed by atoms with Crippen molar-refractivity contribution in [1.82, 2.24) is 30.1 Å². The Kier molecular flexibility index (Phi) is 2.97. The molecule has 0 amide bonds. The van der Waals surface area contributed by atoms with Gasteiger partial charge in [0.25, 0.3) is 0 Å². The minimum atomic E-state index is 0.607. The van der Waals surface area contributed by atoms with Crippen molar-refractivity contribution in [1.29, 1.82) is 0 Å². The van der Waals surface area contributed by atoms with Crippen LogP contribution in [-0.4, -0.2) is 30.1 Å². The molecule has 22 heavy (non-hydrogen) atoms. The maximum Gasteiger partial charge on any atom is 0.164 e. The van der Waals surface area contributed by atoms with Gasteiger partial charge in [-0.1, -0.05) is 6.07 Å². The second-order valence-electron chi connectivity index (χ2n) is 4.73. The van der Waals surface area contributed by atoms with Crippen molar-refractivity contribution in [3.8, 4) is 22.5 Å². The third-order valence-corrected chi connectivity index (χ3v) is 3.34. The monoisotopic (exact) mass is 286 g/mol. The Bertz CT molecular complexity index is 939. The van der Waals surface area contributed by atoms with Crippen LogP contribution in [0.25, 0.3) is 33.4 Å². The minimum absolute atomic E-state index is 0.607.